The van der Waals surface area contributed by atoms with Gasteiger partial charge in [0.15, 0.2) is 5.78 Å². The van der Waals surface area contributed by atoms with Gasteiger partial charge in [-0.05, 0) is 10.6 Å². The molecule has 9 heteroatoms. The van der Waals surface area contributed by atoms with Crippen molar-refractivity contribution in [3.05, 3.63) is 10.4 Å². The second kappa shape index (κ2) is 4.69. The first kappa shape index (κ1) is 12.1. The van der Waals surface area contributed by atoms with Crippen LogP contribution in [0.4, 0.5) is 0 Å². The van der Waals surface area contributed by atoms with Gasteiger partial charge in [0.1, 0.15) is 5.78 Å². The number of Topliss-reactive ketones (excluding diaryl/α,β-unsaturated/α-hetero) is 2. The van der Waals surface area contributed by atoms with Gasteiger partial charge in [-0.25, -0.2) is 0 Å². The number of hydrogen-bond acceptors (Lipinski definition) is 6. The van der Waals surface area contributed by atoms with Crippen molar-refractivity contribution < 1.29 is 36.6 Å². The van der Waals surface area contributed by atoms with Crippen LogP contribution in [-0.2, 0) is 13.4 Å². The summed E-state index contributed by atoms with van der Waals surface area (Å²) in [5.74, 6) is -1.06. The van der Waals surface area contributed by atoms with E-state index in [0.29, 0.717) is 0 Å². The fraction of sp³-hybridized carbons (Fsp3) is 0.667. The highest BCUT2D eigenvalue weighted by Crippen LogP contribution is 2.29. The number of halogens is 1. The molecule has 0 spiro atoms. The normalized spacial score (nSPS) is 26.6. The van der Waals surface area contributed by atoms with E-state index in [-0.39, 0.29) is 18.6 Å². The molecule has 1 aliphatic rings. The Morgan fingerprint density at radius 2 is 2.13 bits per heavy atom. The van der Waals surface area contributed by atoms with Gasteiger partial charge in [-0.15, -0.1) is 0 Å². The largest absolute Gasteiger partial charge is 0.437 e. The average molecular weight is 280 g/mol. The number of carbonyl (C=O) groups is 2. The summed E-state index contributed by atoms with van der Waals surface area (Å²) in [6.45, 7) is 0. The Bertz CT molecular complexity index is 340. The molecule has 0 bridgehead atoms. The van der Waals surface area contributed by atoms with Crippen molar-refractivity contribution in [3.8, 4) is 0 Å². The van der Waals surface area contributed by atoms with E-state index in [4.69, 9.17) is 5.53 Å². The minimum Gasteiger partial charge on any atom is -0.372 e. The zero-order valence-electron chi connectivity index (χ0n) is 7.38. The summed E-state index contributed by atoms with van der Waals surface area (Å²) in [5.41, 5.74) is 6.05. The fourth-order valence-electron chi connectivity index (χ4n) is 1.26. The Balaban J connectivity index is 3.00. The summed E-state index contributed by atoms with van der Waals surface area (Å²) in [4.78, 5) is 24.8. The second-order valence-corrected chi connectivity index (χ2v) is 4.00. The third kappa shape index (κ3) is 2.74. The number of nitrogens with zero attached hydrogens (tertiary/aromatic N) is 3. The van der Waals surface area contributed by atoms with Crippen LogP contribution >= 0.6 is 0 Å². The van der Waals surface area contributed by atoms with Gasteiger partial charge in [0.2, 0.25) is 0 Å². The van der Waals surface area contributed by atoms with Crippen LogP contribution in [0.2, 0.25) is 0 Å². The molecule has 1 fully saturated rings. The molecule has 1 saturated carbocycles. The van der Waals surface area contributed by atoms with Crippen molar-refractivity contribution in [3.63, 3.8) is 0 Å². The fourth-order valence-corrected chi connectivity index (χ4v) is 2.05. The van der Waals surface area contributed by atoms with Gasteiger partial charge in [0.05, 0.1) is 6.42 Å². The second-order valence-electron chi connectivity index (χ2n) is 2.88. The molecular weight excluding hydrogens is 274 g/mol. The highest BCUT2D eigenvalue weighted by atomic mass is 80.0. The Morgan fingerprint density at radius 1 is 1.47 bits per heavy atom. The van der Waals surface area contributed by atoms with Crippen molar-refractivity contribution in [2.45, 2.75) is 25.0 Å². The van der Waals surface area contributed by atoms with Gasteiger partial charge < -0.3 is 8.40 Å². The quantitative estimate of drug-likeness (QED) is 0.348. The summed E-state index contributed by atoms with van der Waals surface area (Å²) < 4.78 is 25.1. The molecule has 0 aromatic carbocycles. The van der Waals surface area contributed by atoms with E-state index in [0.717, 1.165) is 0 Å². The zero-order chi connectivity index (χ0) is 11.5. The van der Waals surface area contributed by atoms with Crippen molar-refractivity contribution >= 4 is 11.6 Å². The standard InChI is InChI=1S/C6H6BrN3O5/c8-10-9-6(15-7(13)14)3-4(11)1-2-5(6)12/h1-3H2. The van der Waals surface area contributed by atoms with Gasteiger partial charge >= 0.3 is 20.5 Å². The van der Waals surface area contributed by atoms with Gasteiger partial charge in [0, 0.05) is 21.6 Å². The molecule has 1 atom stereocenters. The lowest BCUT2D eigenvalue weighted by atomic mass is 9.90. The predicted molar refractivity (Wildman–Crippen MR) is 36.8 cm³/mol. The molecule has 0 amide bonds. The molecule has 82 valence electrons. The summed E-state index contributed by atoms with van der Waals surface area (Å²) in [5, 5.41) is 3.00. The summed E-state index contributed by atoms with van der Waals surface area (Å²) >= 11 is -3.73. The number of carbonyl (C=O) groups excluding carboxylic acids is 2. The number of rotatable bonds is 3. The van der Waals surface area contributed by atoms with Crippen LogP contribution in [0.3, 0.4) is 0 Å². The predicted octanol–water partition coefficient (Wildman–Crippen LogP) is -1.58. The molecular formula is C6H6BrN3O5. The van der Waals surface area contributed by atoms with E-state index in [9.17, 15) is 18.0 Å². The minimum atomic E-state index is -3.73. The van der Waals surface area contributed by atoms with Crippen LogP contribution < -0.4 is 8.40 Å². The maximum Gasteiger partial charge on any atom is 0.437 e. The van der Waals surface area contributed by atoms with Crippen LogP contribution in [0.1, 0.15) is 19.3 Å². The molecule has 1 rings (SSSR count). The topological polar surface area (TPSA) is 138 Å². The van der Waals surface area contributed by atoms with Crippen LogP contribution in [0, 0.1) is 14.8 Å². The SMILES string of the molecule is [N-]=[N+]=NC1(O[Br+2]([O-])[O-])CC(=O)CCC1=O. The third-order valence-corrected chi connectivity index (χ3v) is 2.70. The Kier molecular flexibility index (Phi) is 3.77. The average Bonchev–Trinajstić information content (AvgIpc) is 2.11. The molecule has 0 radical (unpaired) electrons. The first-order chi connectivity index (χ1) is 7.00. The van der Waals surface area contributed by atoms with Crippen LogP contribution in [0.25, 0.3) is 10.4 Å². The van der Waals surface area contributed by atoms with Crippen LogP contribution in [-0.4, -0.2) is 17.3 Å². The van der Waals surface area contributed by atoms with E-state index in [1.807, 2.05) is 0 Å². The van der Waals surface area contributed by atoms with E-state index < -0.39 is 32.7 Å². The monoisotopic (exact) mass is 279 g/mol. The van der Waals surface area contributed by atoms with Gasteiger partial charge in [-0.2, -0.15) is 0 Å². The first-order valence-electron chi connectivity index (χ1n) is 3.86. The Hall–Kier alpha value is -0.990. The van der Waals surface area contributed by atoms with Crippen molar-refractivity contribution in [2.24, 2.45) is 5.11 Å². The highest BCUT2D eigenvalue weighted by molar-refractivity contribution is 5.98. The maximum absolute atomic E-state index is 11.4. The smallest absolute Gasteiger partial charge is 0.372 e. The number of hydrogen-bond donors (Lipinski definition) is 0. The van der Waals surface area contributed by atoms with Crippen LogP contribution in [0.15, 0.2) is 5.11 Å². The van der Waals surface area contributed by atoms with E-state index in [1.54, 1.807) is 0 Å². The summed E-state index contributed by atoms with van der Waals surface area (Å²) in [6.07, 6.45) is -0.673. The van der Waals surface area contributed by atoms with Gasteiger partial charge in [-0.1, -0.05) is 0 Å². The van der Waals surface area contributed by atoms with Crippen molar-refractivity contribution in [1.29, 1.82) is 0 Å². The first-order valence-corrected chi connectivity index (χ1v) is 5.81. The lowest BCUT2D eigenvalue weighted by Crippen LogP contribution is -2.51. The lowest BCUT2D eigenvalue weighted by Gasteiger charge is -2.22. The molecule has 0 saturated heterocycles. The van der Waals surface area contributed by atoms with E-state index >= 15 is 0 Å². The molecule has 1 aliphatic carbocycles. The van der Waals surface area contributed by atoms with Gasteiger partial charge in [-0.3, -0.25) is 9.59 Å². The molecule has 0 N–H and O–H groups in total. The number of azide groups is 1. The molecule has 15 heavy (non-hydrogen) atoms. The summed E-state index contributed by atoms with van der Waals surface area (Å²) in [7, 11) is 0. The molecule has 0 aromatic heterocycles. The number of ketones is 2. The molecule has 0 aromatic rings. The van der Waals surface area contributed by atoms with Crippen molar-refractivity contribution in [2.75, 3.05) is 0 Å². The van der Waals surface area contributed by atoms with Gasteiger partial charge in [0.25, 0.3) is 0 Å². The molecule has 1 unspecified atom stereocenters. The zero-order valence-corrected chi connectivity index (χ0v) is 8.97. The molecule has 0 aliphatic heterocycles. The van der Waals surface area contributed by atoms with Crippen LogP contribution in [0.5, 0.6) is 0 Å². The Labute approximate surface area is 89.3 Å². The highest BCUT2D eigenvalue weighted by Gasteiger charge is 2.52. The Morgan fingerprint density at radius 3 is 2.67 bits per heavy atom. The minimum absolute atomic E-state index is 0.0188. The molecule has 0 heterocycles. The molecule has 8 nitrogen and oxygen atoms in total. The van der Waals surface area contributed by atoms with Crippen molar-refractivity contribution in [1.82, 2.24) is 0 Å². The maximum atomic E-state index is 11.4. The lowest BCUT2D eigenvalue weighted by molar-refractivity contribution is -1.63. The van der Waals surface area contributed by atoms with E-state index in [1.165, 1.54) is 0 Å². The third-order valence-electron chi connectivity index (χ3n) is 1.90. The summed E-state index contributed by atoms with van der Waals surface area (Å²) in [6, 6.07) is 0. The van der Waals surface area contributed by atoms with E-state index in [2.05, 4.69) is 13.9 Å².